The summed E-state index contributed by atoms with van der Waals surface area (Å²) in [6, 6.07) is 10.4. The first kappa shape index (κ1) is 16.2. The molecule has 0 spiro atoms. The molecular weight excluding hydrogens is 248 g/mol. The minimum atomic E-state index is -0.814. The van der Waals surface area contributed by atoms with Gasteiger partial charge in [-0.15, -0.1) is 0 Å². The number of hydrogen-bond acceptors (Lipinski definition) is 2. The maximum atomic E-state index is 12.1. The number of benzene rings is 1. The molecule has 0 fully saturated rings. The van der Waals surface area contributed by atoms with E-state index in [2.05, 4.69) is 56.4 Å². The lowest BCUT2D eigenvalue weighted by Crippen LogP contribution is -2.42. The molecule has 0 aliphatic carbocycles. The van der Waals surface area contributed by atoms with Crippen LogP contribution in [-0.2, 0) is 4.79 Å². The largest absolute Gasteiger partial charge is 0.338 e. The molecule has 0 bridgehead atoms. The molecule has 1 unspecified atom stereocenters. The first-order valence-corrected chi connectivity index (χ1v) is 7.04. The Morgan fingerprint density at radius 3 is 2.30 bits per heavy atom. The topological polar surface area (TPSA) is 52.9 Å². The SMILES string of the molecule is Cc1ccc(C(CC(=O)NC(C)(C)C#N)C(C)C)cc1. The van der Waals surface area contributed by atoms with Gasteiger partial charge in [0.1, 0.15) is 5.54 Å². The smallest absolute Gasteiger partial charge is 0.221 e. The van der Waals surface area contributed by atoms with Crippen molar-refractivity contribution in [3.63, 3.8) is 0 Å². The molecule has 1 N–H and O–H groups in total. The Balaban J connectivity index is 2.81. The van der Waals surface area contributed by atoms with Gasteiger partial charge in [-0.05, 0) is 38.2 Å². The van der Waals surface area contributed by atoms with E-state index in [1.165, 1.54) is 11.1 Å². The van der Waals surface area contributed by atoms with Gasteiger partial charge in [-0.2, -0.15) is 5.26 Å². The Morgan fingerprint density at radius 1 is 1.30 bits per heavy atom. The highest BCUT2D eigenvalue weighted by Crippen LogP contribution is 2.28. The molecule has 0 radical (unpaired) electrons. The minimum Gasteiger partial charge on any atom is -0.338 e. The van der Waals surface area contributed by atoms with Crippen molar-refractivity contribution in [2.24, 2.45) is 5.92 Å². The second-order valence-electron chi connectivity index (χ2n) is 6.25. The number of nitriles is 1. The van der Waals surface area contributed by atoms with E-state index in [9.17, 15) is 4.79 Å². The molecule has 1 amide bonds. The Hall–Kier alpha value is -1.82. The number of carbonyl (C=O) groups excluding carboxylic acids is 1. The molecule has 108 valence electrons. The van der Waals surface area contributed by atoms with Crippen molar-refractivity contribution in [3.05, 3.63) is 35.4 Å². The molecule has 1 aromatic rings. The van der Waals surface area contributed by atoms with Gasteiger partial charge in [-0.3, -0.25) is 4.79 Å². The minimum absolute atomic E-state index is 0.0733. The zero-order valence-corrected chi connectivity index (χ0v) is 13.0. The molecule has 1 rings (SSSR count). The molecular formula is C17H24N2O. The van der Waals surface area contributed by atoms with Gasteiger partial charge >= 0.3 is 0 Å². The molecule has 0 aromatic heterocycles. The number of aryl methyl sites for hydroxylation is 1. The molecule has 1 atom stereocenters. The second-order valence-corrected chi connectivity index (χ2v) is 6.25. The predicted molar refractivity (Wildman–Crippen MR) is 81.2 cm³/mol. The van der Waals surface area contributed by atoms with E-state index in [0.717, 1.165) is 0 Å². The Bertz CT molecular complexity index is 495. The lowest BCUT2D eigenvalue weighted by molar-refractivity contribution is -0.122. The van der Waals surface area contributed by atoms with E-state index < -0.39 is 5.54 Å². The molecule has 0 saturated heterocycles. The highest BCUT2D eigenvalue weighted by molar-refractivity contribution is 5.78. The van der Waals surface area contributed by atoms with Crippen molar-refractivity contribution in [1.82, 2.24) is 5.32 Å². The third kappa shape index (κ3) is 4.70. The summed E-state index contributed by atoms with van der Waals surface area (Å²) in [4.78, 5) is 12.1. The summed E-state index contributed by atoms with van der Waals surface area (Å²) in [6.07, 6.45) is 0.409. The zero-order valence-electron chi connectivity index (χ0n) is 13.0. The number of hydrogen-bond donors (Lipinski definition) is 1. The summed E-state index contributed by atoms with van der Waals surface area (Å²) in [5, 5.41) is 11.7. The number of rotatable bonds is 5. The van der Waals surface area contributed by atoms with Crippen LogP contribution in [-0.4, -0.2) is 11.4 Å². The lowest BCUT2D eigenvalue weighted by Gasteiger charge is -2.24. The molecule has 1 aromatic carbocycles. The van der Waals surface area contributed by atoms with Crippen molar-refractivity contribution < 1.29 is 4.79 Å². The van der Waals surface area contributed by atoms with Crippen LogP contribution < -0.4 is 5.32 Å². The summed E-state index contributed by atoms with van der Waals surface area (Å²) in [5.41, 5.74) is 1.58. The highest BCUT2D eigenvalue weighted by Gasteiger charge is 2.24. The van der Waals surface area contributed by atoms with Crippen molar-refractivity contribution in [2.45, 2.75) is 52.5 Å². The van der Waals surface area contributed by atoms with Crippen LogP contribution in [0.4, 0.5) is 0 Å². The third-order valence-corrected chi connectivity index (χ3v) is 3.45. The van der Waals surface area contributed by atoms with E-state index >= 15 is 0 Å². The van der Waals surface area contributed by atoms with Crippen molar-refractivity contribution in [2.75, 3.05) is 0 Å². The van der Waals surface area contributed by atoms with Gasteiger partial charge in [0.2, 0.25) is 5.91 Å². The van der Waals surface area contributed by atoms with Crippen molar-refractivity contribution in [3.8, 4) is 6.07 Å². The van der Waals surface area contributed by atoms with E-state index in [4.69, 9.17) is 5.26 Å². The van der Waals surface area contributed by atoms with Gasteiger partial charge in [-0.1, -0.05) is 43.7 Å². The summed E-state index contributed by atoms with van der Waals surface area (Å²) >= 11 is 0. The predicted octanol–water partition coefficient (Wildman–Crippen LogP) is 3.54. The number of carbonyl (C=O) groups is 1. The van der Waals surface area contributed by atoms with Crippen molar-refractivity contribution >= 4 is 5.91 Å². The normalized spacial score (nSPS) is 12.8. The van der Waals surface area contributed by atoms with Crippen LogP contribution in [0, 0.1) is 24.2 Å². The molecule has 3 nitrogen and oxygen atoms in total. The fourth-order valence-electron chi connectivity index (χ4n) is 2.18. The Morgan fingerprint density at radius 2 is 1.85 bits per heavy atom. The molecule has 3 heteroatoms. The standard InChI is InChI=1S/C17H24N2O/c1-12(2)15(14-8-6-13(3)7-9-14)10-16(20)19-17(4,5)11-18/h6-9,12,15H,10H2,1-5H3,(H,19,20). The lowest BCUT2D eigenvalue weighted by atomic mass is 9.85. The maximum absolute atomic E-state index is 12.1. The van der Waals surface area contributed by atoms with Crippen LogP contribution in [0.1, 0.15) is 51.2 Å². The van der Waals surface area contributed by atoms with E-state index in [1.807, 2.05) is 0 Å². The van der Waals surface area contributed by atoms with Crippen LogP contribution in [0.15, 0.2) is 24.3 Å². The molecule has 20 heavy (non-hydrogen) atoms. The van der Waals surface area contributed by atoms with E-state index in [1.54, 1.807) is 13.8 Å². The van der Waals surface area contributed by atoms with Gasteiger partial charge in [0.15, 0.2) is 0 Å². The first-order valence-electron chi connectivity index (χ1n) is 7.04. The second kappa shape index (κ2) is 6.56. The number of nitrogens with zero attached hydrogens (tertiary/aromatic N) is 1. The van der Waals surface area contributed by atoms with Gasteiger partial charge in [-0.25, -0.2) is 0 Å². The van der Waals surface area contributed by atoms with E-state index in [-0.39, 0.29) is 11.8 Å². The summed E-state index contributed by atoms with van der Waals surface area (Å²) in [7, 11) is 0. The van der Waals surface area contributed by atoms with Gasteiger partial charge in [0, 0.05) is 6.42 Å². The van der Waals surface area contributed by atoms with Gasteiger partial charge < -0.3 is 5.32 Å². The highest BCUT2D eigenvalue weighted by atomic mass is 16.1. The summed E-state index contributed by atoms with van der Waals surface area (Å²) < 4.78 is 0. The van der Waals surface area contributed by atoms with Gasteiger partial charge in [0.25, 0.3) is 0 Å². The fourth-order valence-corrected chi connectivity index (χ4v) is 2.18. The van der Waals surface area contributed by atoms with Gasteiger partial charge in [0.05, 0.1) is 6.07 Å². The maximum Gasteiger partial charge on any atom is 0.221 e. The number of amides is 1. The quantitative estimate of drug-likeness (QED) is 0.891. The third-order valence-electron chi connectivity index (χ3n) is 3.45. The summed E-state index contributed by atoms with van der Waals surface area (Å²) in [5.74, 6) is 0.467. The average Bonchev–Trinajstić information content (AvgIpc) is 2.36. The average molecular weight is 272 g/mol. The van der Waals surface area contributed by atoms with Crippen LogP contribution in [0.25, 0.3) is 0 Å². The van der Waals surface area contributed by atoms with Crippen molar-refractivity contribution in [1.29, 1.82) is 5.26 Å². The number of nitrogens with one attached hydrogen (secondary N) is 1. The summed E-state index contributed by atoms with van der Waals surface area (Å²) in [6.45, 7) is 9.71. The Kier molecular flexibility index (Phi) is 5.33. The first-order chi connectivity index (χ1) is 9.25. The zero-order chi connectivity index (χ0) is 15.3. The van der Waals surface area contributed by atoms with E-state index in [0.29, 0.717) is 12.3 Å². The van der Waals surface area contributed by atoms with Crippen LogP contribution in [0.3, 0.4) is 0 Å². The molecule has 0 aliphatic rings. The Labute approximate surface area is 122 Å². The molecule has 0 aliphatic heterocycles. The fraction of sp³-hybridized carbons (Fsp3) is 0.529. The van der Waals surface area contributed by atoms with Crippen LogP contribution in [0.5, 0.6) is 0 Å². The monoisotopic (exact) mass is 272 g/mol. The van der Waals surface area contributed by atoms with Crippen LogP contribution >= 0.6 is 0 Å². The molecule has 0 saturated carbocycles. The van der Waals surface area contributed by atoms with Crippen LogP contribution in [0.2, 0.25) is 0 Å². The molecule has 0 heterocycles.